The Balaban J connectivity index is 0.00000625. The van der Waals surface area contributed by atoms with Gasteiger partial charge >= 0.3 is 0 Å². The molecule has 9 rings (SSSR count). The number of pyridine rings is 1. The van der Waals surface area contributed by atoms with Gasteiger partial charge in [-0.05, 0) is 112 Å². The van der Waals surface area contributed by atoms with Crippen LogP contribution in [0.4, 0.5) is 0 Å². The van der Waals surface area contributed by atoms with Crippen molar-refractivity contribution in [2.45, 2.75) is 73.1 Å². The SMILES string of the molecule is [2H]c1ccc(-c2ccnc(-c3[c-]c(-c4cccc5c4nc(-c4cc(C)cc(C)c4O)n5-c4cc(C([2H])([2H])[2H])c(-c5ccc(C(C)(C)C)cc5)cc4-c4ccccc4)cc(C(C)(C)C)c3)c2)cc1.[Pt]. The van der Waals surface area contributed by atoms with Crippen molar-refractivity contribution in [2.24, 2.45) is 0 Å². The van der Waals surface area contributed by atoms with Crippen LogP contribution in [0.3, 0.4) is 0 Å². The van der Waals surface area contributed by atoms with Crippen LogP contribution in [0.5, 0.6) is 5.75 Å². The first kappa shape index (κ1) is 39.3. The van der Waals surface area contributed by atoms with E-state index < -0.39 is 6.85 Å². The Kier molecular flexibility index (Phi) is 10.6. The van der Waals surface area contributed by atoms with E-state index in [1.165, 1.54) is 0 Å². The number of imidazole rings is 1. The fourth-order valence-corrected chi connectivity index (χ4v) is 8.51. The minimum absolute atomic E-state index is 0. The summed E-state index contributed by atoms with van der Waals surface area (Å²) < 4.78 is 37.0. The number of rotatable bonds is 7. The molecule has 0 atom stereocenters. The van der Waals surface area contributed by atoms with Crippen molar-refractivity contribution >= 4 is 11.0 Å². The molecule has 4 nitrogen and oxygen atoms in total. The fourth-order valence-electron chi connectivity index (χ4n) is 8.51. The summed E-state index contributed by atoms with van der Waals surface area (Å²) in [5.74, 6) is 0.575. The summed E-state index contributed by atoms with van der Waals surface area (Å²) in [4.78, 5) is 10.3. The summed E-state index contributed by atoms with van der Waals surface area (Å²) in [6.07, 6.45) is 1.81. The van der Waals surface area contributed by atoms with Crippen LogP contribution in [0.25, 0.3) is 83.9 Å². The molecule has 0 bridgehead atoms. The van der Waals surface area contributed by atoms with Gasteiger partial charge in [0.2, 0.25) is 0 Å². The average Bonchev–Trinajstić information content (AvgIpc) is 3.69. The normalized spacial score (nSPS) is 12.9. The van der Waals surface area contributed by atoms with Crippen molar-refractivity contribution in [1.82, 2.24) is 14.5 Å². The number of hydrogen-bond donors (Lipinski definition) is 1. The molecule has 322 valence electrons. The van der Waals surface area contributed by atoms with Gasteiger partial charge in [-0.3, -0.25) is 9.55 Å². The molecule has 2 aromatic heterocycles. The number of benzene rings is 7. The summed E-state index contributed by atoms with van der Waals surface area (Å²) >= 11 is 0. The summed E-state index contributed by atoms with van der Waals surface area (Å²) in [7, 11) is 0. The second kappa shape index (κ2) is 17.3. The van der Waals surface area contributed by atoms with Gasteiger partial charge in [-0.1, -0.05) is 162 Å². The van der Waals surface area contributed by atoms with Gasteiger partial charge < -0.3 is 5.11 Å². The fraction of sp³-hybridized carbons (Fsp3) is 0.186. The molecule has 0 unspecified atom stereocenters. The molecule has 0 amide bonds. The molecule has 0 saturated heterocycles. The van der Waals surface area contributed by atoms with E-state index in [4.69, 9.17) is 15.5 Å². The van der Waals surface area contributed by atoms with E-state index in [1.54, 1.807) is 18.2 Å². The van der Waals surface area contributed by atoms with Crippen LogP contribution in [0.15, 0.2) is 158 Å². The van der Waals surface area contributed by atoms with Crippen molar-refractivity contribution in [2.75, 3.05) is 0 Å². The number of aromatic nitrogens is 3. The molecule has 0 saturated carbocycles. The number of hydrogen-bond acceptors (Lipinski definition) is 3. The van der Waals surface area contributed by atoms with Crippen LogP contribution in [-0.4, -0.2) is 19.6 Å². The van der Waals surface area contributed by atoms with E-state index in [0.717, 1.165) is 72.4 Å². The number of para-hydroxylation sites is 1. The smallest absolute Gasteiger partial charge is 0.148 e. The maximum atomic E-state index is 11.9. The zero-order valence-electron chi connectivity index (χ0n) is 41.5. The van der Waals surface area contributed by atoms with Crippen LogP contribution in [-0.2, 0) is 31.9 Å². The number of aromatic hydroxyl groups is 1. The average molecular weight is 1020 g/mol. The third-order valence-electron chi connectivity index (χ3n) is 12.0. The van der Waals surface area contributed by atoms with E-state index in [1.807, 2.05) is 116 Å². The first-order valence-corrected chi connectivity index (χ1v) is 21.5. The first-order valence-electron chi connectivity index (χ1n) is 23.5. The summed E-state index contributed by atoms with van der Waals surface area (Å²) in [6.45, 7) is 14.5. The summed E-state index contributed by atoms with van der Waals surface area (Å²) in [5.41, 5.74) is 14.7. The van der Waals surface area contributed by atoms with Gasteiger partial charge in [0.25, 0.3) is 0 Å². The van der Waals surface area contributed by atoms with Crippen molar-refractivity contribution in [1.29, 1.82) is 0 Å². The minimum atomic E-state index is -2.49. The van der Waals surface area contributed by atoms with Gasteiger partial charge in [0.05, 0.1) is 23.7 Å². The molecule has 5 heteroatoms. The molecule has 0 aliphatic carbocycles. The third kappa shape index (κ3) is 8.52. The number of phenolic OH excluding ortho intramolecular Hbond substituents is 1. The van der Waals surface area contributed by atoms with E-state index in [0.29, 0.717) is 39.8 Å². The van der Waals surface area contributed by atoms with Crippen LogP contribution in [0, 0.1) is 26.8 Å². The Morgan fingerprint density at radius 2 is 1.28 bits per heavy atom. The predicted octanol–water partition coefficient (Wildman–Crippen LogP) is 15.4. The molecule has 64 heavy (non-hydrogen) atoms. The van der Waals surface area contributed by atoms with Gasteiger partial charge in [-0.25, -0.2) is 4.98 Å². The Morgan fingerprint density at radius 3 is 1.98 bits per heavy atom. The van der Waals surface area contributed by atoms with E-state index in [-0.39, 0.29) is 43.2 Å². The molecule has 7 aromatic carbocycles. The number of fused-ring (bicyclic) bond motifs is 1. The van der Waals surface area contributed by atoms with Gasteiger partial charge in [-0.2, -0.15) is 0 Å². The van der Waals surface area contributed by atoms with Crippen LogP contribution >= 0.6 is 0 Å². The van der Waals surface area contributed by atoms with Gasteiger partial charge in [0, 0.05) is 42.6 Å². The number of aryl methyl sites for hydroxylation is 3. The van der Waals surface area contributed by atoms with Crippen molar-refractivity contribution in [3.05, 3.63) is 192 Å². The number of phenols is 1. The molecular formula is C59H54N3OPt-. The predicted molar refractivity (Wildman–Crippen MR) is 264 cm³/mol. The Bertz CT molecular complexity index is 3330. The second-order valence-corrected chi connectivity index (χ2v) is 18.7. The third-order valence-corrected chi connectivity index (χ3v) is 12.0. The van der Waals surface area contributed by atoms with Crippen molar-refractivity contribution in [3.63, 3.8) is 0 Å². The van der Waals surface area contributed by atoms with Crippen LogP contribution < -0.4 is 0 Å². The topological polar surface area (TPSA) is 50.9 Å². The number of nitrogens with zero attached hydrogens (tertiary/aromatic N) is 3. The molecule has 0 aliphatic heterocycles. The zero-order chi connectivity index (χ0) is 47.6. The molecule has 0 fully saturated rings. The Hall–Kier alpha value is -6.35. The largest absolute Gasteiger partial charge is 0.507 e. The molecule has 9 aromatic rings. The second-order valence-electron chi connectivity index (χ2n) is 18.7. The Labute approximate surface area is 398 Å². The standard InChI is InChI=1S/C59H54N3O.Pt/c1-37-29-39(3)56(63)51(30-37)57-61-55-48(44-32-45(34-47(33-44)59(7,8)9)52-35-43(27-28-60-52)40-17-12-10-13-18-40)21-16-22-53(55)62(57)54-31-38(2)49(36-50(54)41-19-14-11-15-20-41)42-23-25-46(26-24-42)58(4,5)6;/h10-31,33-36,63H,1-9H3;/q-1;/i2D3,10D;. The maximum absolute atomic E-state index is 11.9. The summed E-state index contributed by atoms with van der Waals surface area (Å²) in [5, 5.41) is 11.9. The molecule has 1 N–H and O–H groups in total. The zero-order valence-corrected chi connectivity index (χ0v) is 39.8. The first-order chi connectivity index (χ1) is 31.7. The minimum Gasteiger partial charge on any atom is -0.507 e. The molecule has 0 radical (unpaired) electrons. The molecule has 0 spiro atoms. The van der Waals surface area contributed by atoms with Crippen LogP contribution in [0.2, 0.25) is 0 Å². The maximum Gasteiger partial charge on any atom is 0.148 e. The molecule has 0 aliphatic rings. The Morgan fingerprint density at radius 1 is 0.594 bits per heavy atom. The van der Waals surface area contributed by atoms with Gasteiger partial charge in [-0.15, -0.1) is 29.3 Å². The monoisotopic (exact) mass is 1020 g/mol. The molecule has 2 heterocycles. The van der Waals surface area contributed by atoms with Gasteiger partial charge in [0.1, 0.15) is 11.6 Å². The summed E-state index contributed by atoms with van der Waals surface area (Å²) in [6, 6.07) is 52.1. The molecular weight excluding hydrogens is 962 g/mol. The van der Waals surface area contributed by atoms with E-state index in [9.17, 15) is 5.11 Å². The quantitative estimate of drug-likeness (QED) is 0.162. The van der Waals surface area contributed by atoms with Gasteiger partial charge in [0.15, 0.2) is 0 Å². The van der Waals surface area contributed by atoms with Crippen molar-refractivity contribution in [3.8, 4) is 78.6 Å². The van der Waals surface area contributed by atoms with Crippen LogP contribution in [0.1, 0.15) is 74.8 Å². The van der Waals surface area contributed by atoms with Crippen molar-refractivity contribution < 1.29 is 31.7 Å². The van der Waals surface area contributed by atoms with E-state index in [2.05, 4.69) is 84.0 Å². The van der Waals surface area contributed by atoms with E-state index >= 15 is 0 Å².